The summed E-state index contributed by atoms with van der Waals surface area (Å²) < 4.78 is 0. The quantitative estimate of drug-likeness (QED) is 0.929. The number of amides is 1. The largest absolute Gasteiger partial charge is 0.325 e. The average molecular weight is 323 g/mol. The minimum atomic E-state index is -0.295. The highest BCUT2D eigenvalue weighted by Crippen LogP contribution is 2.19. The summed E-state index contributed by atoms with van der Waals surface area (Å²) in [5.74, 6) is -0.295. The lowest BCUT2D eigenvalue weighted by atomic mass is 10.1. The number of fused-ring (bicyclic) bond motifs is 1. The molecule has 0 saturated carbocycles. The molecule has 1 aromatic carbocycles. The second kappa shape index (κ2) is 7.39. The predicted molar refractivity (Wildman–Crippen MR) is 93.4 cm³/mol. The van der Waals surface area contributed by atoms with Crippen molar-refractivity contribution < 1.29 is 4.79 Å². The number of benzene rings is 1. The molecule has 0 aliphatic carbocycles. The molecule has 0 spiro atoms. The fraction of sp³-hybridized carbons (Fsp3) is 0.389. The van der Waals surface area contributed by atoms with Crippen molar-refractivity contribution in [3.05, 3.63) is 36.0 Å². The molecule has 1 aliphatic heterocycles. The fourth-order valence-electron chi connectivity index (χ4n) is 2.85. The maximum atomic E-state index is 11.5. The zero-order valence-electron chi connectivity index (χ0n) is 13.8. The molecule has 1 fully saturated rings. The first-order valence-electron chi connectivity index (χ1n) is 8.11. The summed E-state index contributed by atoms with van der Waals surface area (Å²) in [6, 6.07) is 11.5. The van der Waals surface area contributed by atoms with Crippen LogP contribution in [0.1, 0.15) is 12.1 Å². The summed E-state index contributed by atoms with van der Waals surface area (Å²) in [6.45, 7) is 5.20. The number of piperazine rings is 1. The van der Waals surface area contributed by atoms with Crippen molar-refractivity contribution in [1.29, 1.82) is 5.26 Å². The number of nitrogens with one attached hydrogen (secondary N) is 1. The van der Waals surface area contributed by atoms with Crippen LogP contribution in [0.5, 0.6) is 0 Å². The monoisotopic (exact) mass is 323 g/mol. The normalized spacial score (nSPS) is 16.0. The van der Waals surface area contributed by atoms with Crippen LogP contribution in [0.4, 0.5) is 5.69 Å². The number of hydrogen-bond donors (Lipinski definition) is 1. The van der Waals surface area contributed by atoms with Crippen LogP contribution in [0.2, 0.25) is 0 Å². The van der Waals surface area contributed by atoms with Gasteiger partial charge in [-0.3, -0.25) is 14.7 Å². The van der Waals surface area contributed by atoms with Crippen molar-refractivity contribution in [3.8, 4) is 6.07 Å². The third-order valence-corrected chi connectivity index (χ3v) is 4.25. The number of nitriles is 1. The first kappa shape index (κ1) is 16.4. The van der Waals surface area contributed by atoms with Gasteiger partial charge in [0.25, 0.3) is 0 Å². The molecule has 3 rings (SSSR count). The predicted octanol–water partition coefficient (Wildman–Crippen LogP) is 1.83. The maximum absolute atomic E-state index is 11.5. The number of rotatable bonds is 4. The van der Waals surface area contributed by atoms with Gasteiger partial charge in [0.05, 0.1) is 17.3 Å². The molecule has 6 heteroatoms. The average Bonchev–Trinajstić information content (AvgIpc) is 2.57. The lowest BCUT2D eigenvalue weighted by molar-refractivity contribution is -0.115. The SMILES string of the molecule is CN1CCN(Cc2ccc3cc(NC(=O)CC#N)ccc3n2)CC1. The van der Waals surface area contributed by atoms with E-state index in [1.165, 1.54) is 0 Å². The number of aromatic nitrogens is 1. The van der Waals surface area contributed by atoms with Crippen molar-refractivity contribution in [1.82, 2.24) is 14.8 Å². The molecular weight excluding hydrogens is 302 g/mol. The summed E-state index contributed by atoms with van der Waals surface area (Å²) in [5, 5.41) is 12.2. The Morgan fingerprint density at radius 2 is 2.04 bits per heavy atom. The van der Waals surface area contributed by atoms with Gasteiger partial charge in [0.1, 0.15) is 6.42 Å². The smallest absolute Gasteiger partial charge is 0.238 e. The number of anilines is 1. The second-order valence-corrected chi connectivity index (χ2v) is 6.17. The third kappa shape index (κ3) is 4.07. The molecule has 0 atom stereocenters. The second-order valence-electron chi connectivity index (χ2n) is 6.17. The third-order valence-electron chi connectivity index (χ3n) is 4.25. The van der Waals surface area contributed by atoms with Crippen LogP contribution in [-0.2, 0) is 11.3 Å². The van der Waals surface area contributed by atoms with Crippen LogP contribution < -0.4 is 5.32 Å². The molecule has 1 aromatic heterocycles. The minimum Gasteiger partial charge on any atom is -0.325 e. The van der Waals surface area contributed by atoms with Crippen LogP contribution in [0.3, 0.4) is 0 Å². The molecule has 0 bridgehead atoms. The molecule has 124 valence electrons. The Morgan fingerprint density at radius 3 is 2.79 bits per heavy atom. The van der Waals surface area contributed by atoms with Gasteiger partial charge in [0, 0.05) is 43.8 Å². The Morgan fingerprint density at radius 1 is 1.25 bits per heavy atom. The highest BCUT2D eigenvalue weighted by Gasteiger charge is 2.14. The fourth-order valence-corrected chi connectivity index (χ4v) is 2.85. The van der Waals surface area contributed by atoms with E-state index in [9.17, 15) is 4.79 Å². The van der Waals surface area contributed by atoms with E-state index < -0.39 is 0 Å². The van der Waals surface area contributed by atoms with E-state index >= 15 is 0 Å². The Bertz CT molecular complexity index is 775. The highest BCUT2D eigenvalue weighted by atomic mass is 16.1. The summed E-state index contributed by atoms with van der Waals surface area (Å²) in [4.78, 5) is 21.0. The number of nitrogens with zero attached hydrogens (tertiary/aromatic N) is 4. The van der Waals surface area contributed by atoms with Crippen molar-refractivity contribution in [2.45, 2.75) is 13.0 Å². The number of carbonyl (C=O) groups is 1. The molecule has 0 unspecified atom stereocenters. The molecule has 2 aromatic rings. The molecule has 24 heavy (non-hydrogen) atoms. The number of pyridine rings is 1. The van der Waals surface area contributed by atoms with E-state index in [2.05, 4.69) is 22.2 Å². The number of hydrogen-bond acceptors (Lipinski definition) is 5. The van der Waals surface area contributed by atoms with E-state index in [4.69, 9.17) is 10.2 Å². The lowest BCUT2D eigenvalue weighted by Gasteiger charge is -2.32. The van der Waals surface area contributed by atoms with Crippen LogP contribution in [0.25, 0.3) is 10.9 Å². The van der Waals surface area contributed by atoms with Gasteiger partial charge in [-0.15, -0.1) is 0 Å². The van der Waals surface area contributed by atoms with E-state index in [-0.39, 0.29) is 12.3 Å². The standard InChI is InChI=1S/C18H21N5O/c1-22-8-10-23(11-9-22)13-16-3-2-14-12-15(4-5-17(14)20-16)21-18(24)6-7-19/h2-5,12H,6,8-11,13H2,1H3,(H,21,24). The van der Waals surface area contributed by atoms with Crippen LogP contribution >= 0.6 is 0 Å². The minimum absolute atomic E-state index is 0.139. The molecule has 1 aliphatic rings. The first-order chi connectivity index (χ1) is 11.6. The van der Waals surface area contributed by atoms with E-state index in [0.717, 1.165) is 49.3 Å². The van der Waals surface area contributed by atoms with E-state index in [0.29, 0.717) is 5.69 Å². The van der Waals surface area contributed by atoms with E-state index in [1.54, 1.807) is 0 Å². The Kier molecular flexibility index (Phi) is 5.04. The van der Waals surface area contributed by atoms with Gasteiger partial charge in [-0.05, 0) is 31.3 Å². The van der Waals surface area contributed by atoms with Crippen LogP contribution in [-0.4, -0.2) is 53.9 Å². The molecule has 6 nitrogen and oxygen atoms in total. The molecule has 0 radical (unpaired) electrons. The Balaban J connectivity index is 1.70. The Labute approximate surface area is 141 Å². The van der Waals surface area contributed by atoms with Crippen LogP contribution in [0, 0.1) is 11.3 Å². The van der Waals surface area contributed by atoms with Crippen molar-refractivity contribution in [2.75, 3.05) is 38.5 Å². The Hall–Kier alpha value is -2.49. The van der Waals surface area contributed by atoms with Gasteiger partial charge in [0.2, 0.25) is 5.91 Å². The summed E-state index contributed by atoms with van der Waals surface area (Å²) in [6.07, 6.45) is -0.139. The van der Waals surface area contributed by atoms with Gasteiger partial charge in [0.15, 0.2) is 0 Å². The van der Waals surface area contributed by atoms with Crippen LogP contribution in [0.15, 0.2) is 30.3 Å². The highest BCUT2D eigenvalue weighted by molar-refractivity contribution is 5.94. The zero-order chi connectivity index (χ0) is 16.9. The molecule has 1 saturated heterocycles. The van der Waals surface area contributed by atoms with Crippen molar-refractivity contribution in [2.24, 2.45) is 0 Å². The first-order valence-corrected chi connectivity index (χ1v) is 8.11. The molecular formula is C18H21N5O. The summed E-state index contributed by atoms with van der Waals surface area (Å²) in [5.41, 5.74) is 2.67. The summed E-state index contributed by atoms with van der Waals surface area (Å²) >= 11 is 0. The molecule has 1 N–H and O–H groups in total. The molecule has 1 amide bonds. The van der Waals surface area contributed by atoms with Gasteiger partial charge in [-0.1, -0.05) is 6.07 Å². The molecule has 2 heterocycles. The van der Waals surface area contributed by atoms with Gasteiger partial charge < -0.3 is 10.2 Å². The number of carbonyl (C=O) groups excluding carboxylic acids is 1. The van der Waals surface area contributed by atoms with E-state index in [1.807, 2.05) is 36.4 Å². The van der Waals surface area contributed by atoms with Gasteiger partial charge in [-0.2, -0.15) is 5.26 Å². The summed E-state index contributed by atoms with van der Waals surface area (Å²) in [7, 11) is 2.15. The zero-order valence-corrected chi connectivity index (χ0v) is 13.8. The van der Waals surface area contributed by atoms with Gasteiger partial charge >= 0.3 is 0 Å². The van der Waals surface area contributed by atoms with Crippen molar-refractivity contribution >= 4 is 22.5 Å². The maximum Gasteiger partial charge on any atom is 0.238 e. The van der Waals surface area contributed by atoms with Gasteiger partial charge in [-0.25, -0.2) is 0 Å². The number of likely N-dealkylation sites (N-methyl/N-ethyl adjacent to an activating group) is 1. The van der Waals surface area contributed by atoms with Crippen molar-refractivity contribution in [3.63, 3.8) is 0 Å². The lowest BCUT2D eigenvalue weighted by Crippen LogP contribution is -2.43. The topological polar surface area (TPSA) is 72.3 Å².